The Morgan fingerprint density at radius 2 is 1.68 bits per heavy atom. The van der Waals surface area contributed by atoms with Gasteiger partial charge in [-0.1, -0.05) is 35.9 Å². The largest absolute Gasteiger partial charge is 0.356 e. The maximum atomic E-state index is 12.5. The van der Waals surface area contributed by atoms with Crippen molar-refractivity contribution < 1.29 is 10.5 Å². The molecule has 0 spiro atoms. The van der Waals surface area contributed by atoms with Gasteiger partial charge in [-0.05, 0) is 31.2 Å². The molecule has 3 nitrogen and oxygen atoms in total. The van der Waals surface area contributed by atoms with Crippen molar-refractivity contribution in [3.63, 3.8) is 0 Å². The Hall–Kier alpha value is -2.13. The van der Waals surface area contributed by atoms with E-state index in [0.717, 1.165) is 11.3 Å². The van der Waals surface area contributed by atoms with Crippen molar-refractivity contribution in [3.8, 4) is 0 Å². The van der Waals surface area contributed by atoms with E-state index >= 15 is 0 Å². The topological polar surface area (TPSA) is 48.0 Å². The minimum Gasteiger partial charge on any atom is -0.356 e. The van der Waals surface area contributed by atoms with Gasteiger partial charge in [0.1, 0.15) is 0 Å². The third-order valence-corrected chi connectivity index (χ3v) is 2.99. The van der Waals surface area contributed by atoms with Crippen molar-refractivity contribution in [2.24, 2.45) is 0 Å². The lowest BCUT2D eigenvalue weighted by molar-refractivity contribution is -0.363. The zero-order valence-electron chi connectivity index (χ0n) is 11.2. The Bertz CT molecular complexity index is 534. The molecule has 0 atom stereocenters. The molecule has 0 bridgehead atoms. The molecule has 98 valence electrons. The maximum Gasteiger partial charge on any atom is 0.258 e. The lowest BCUT2D eigenvalue weighted by Gasteiger charge is -2.21. The van der Waals surface area contributed by atoms with Crippen molar-refractivity contribution in [2.45, 2.75) is 6.92 Å². The molecule has 2 aromatic carbocycles. The van der Waals surface area contributed by atoms with Crippen LogP contribution in [0.4, 0.5) is 5.69 Å². The smallest absolute Gasteiger partial charge is 0.258 e. The predicted molar refractivity (Wildman–Crippen MR) is 77.1 cm³/mol. The van der Waals surface area contributed by atoms with Gasteiger partial charge < -0.3 is 10.6 Å². The summed E-state index contributed by atoms with van der Waals surface area (Å²) in [5, 5.41) is 0. The molecule has 0 heterocycles. The summed E-state index contributed by atoms with van der Waals surface area (Å²) in [4.78, 5) is 14.3. The number of anilines is 1. The van der Waals surface area contributed by atoms with Crippen LogP contribution in [-0.4, -0.2) is 19.0 Å². The molecule has 0 aliphatic carbocycles. The fraction of sp³-hybridized carbons (Fsp3) is 0.188. The number of nitrogens with zero attached hydrogens (tertiary/aromatic N) is 1. The third kappa shape index (κ3) is 3.20. The Balaban J connectivity index is 2.29. The van der Waals surface area contributed by atoms with Gasteiger partial charge in [0.05, 0.1) is 13.1 Å². The van der Waals surface area contributed by atoms with Crippen LogP contribution in [0.2, 0.25) is 0 Å². The molecule has 19 heavy (non-hydrogen) atoms. The van der Waals surface area contributed by atoms with Gasteiger partial charge in [-0.25, -0.2) is 0 Å². The van der Waals surface area contributed by atoms with Crippen LogP contribution in [0.5, 0.6) is 0 Å². The Labute approximate surface area is 113 Å². The van der Waals surface area contributed by atoms with Crippen LogP contribution in [0.3, 0.4) is 0 Å². The van der Waals surface area contributed by atoms with E-state index in [1.807, 2.05) is 61.5 Å². The molecule has 0 aliphatic rings. The highest BCUT2D eigenvalue weighted by Gasteiger charge is 2.17. The van der Waals surface area contributed by atoms with Crippen LogP contribution in [0, 0.1) is 6.92 Å². The van der Waals surface area contributed by atoms with E-state index < -0.39 is 0 Å². The molecule has 3 N–H and O–H groups in total. The summed E-state index contributed by atoms with van der Waals surface area (Å²) in [7, 11) is 0. The van der Waals surface area contributed by atoms with Gasteiger partial charge in [0, 0.05) is 11.3 Å². The number of hydrogen-bond acceptors (Lipinski definition) is 1. The molecule has 3 heteroatoms. The molecular weight excluding hydrogens is 236 g/mol. The second-order valence-corrected chi connectivity index (χ2v) is 4.51. The lowest BCUT2D eigenvalue weighted by atomic mass is 10.1. The van der Waals surface area contributed by atoms with Crippen LogP contribution in [0.1, 0.15) is 15.9 Å². The second kappa shape index (κ2) is 6.16. The van der Waals surface area contributed by atoms with Gasteiger partial charge in [0.2, 0.25) is 0 Å². The van der Waals surface area contributed by atoms with E-state index in [1.165, 1.54) is 0 Å². The Kier molecular flexibility index (Phi) is 4.31. The minimum atomic E-state index is 0.0230. The van der Waals surface area contributed by atoms with Crippen molar-refractivity contribution in [1.82, 2.24) is 0 Å². The summed E-state index contributed by atoms with van der Waals surface area (Å²) in [6, 6.07) is 17.4. The first-order valence-corrected chi connectivity index (χ1v) is 6.45. The minimum absolute atomic E-state index is 0.0230. The second-order valence-electron chi connectivity index (χ2n) is 4.51. The van der Waals surface area contributed by atoms with Crippen LogP contribution >= 0.6 is 0 Å². The number of para-hydroxylation sites is 1. The van der Waals surface area contributed by atoms with Gasteiger partial charge >= 0.3 is 0 Å². The molecule has 0 saturated carbocycles. The van der Waals surface area contributed by atoms with Gasteiger partial charge in [-0.3, -0.25) is 4.79 Å². The molecule has 2 aromatic rings. The normalized spacial score (nSPS) is 10.2. The summed E-state index contributed by atoms with van der Waals surface area (Å²) in [5.41, 5.74) is 6.62. The van der Waals surface area contributed by atoms with Gasteiger partial charge in [-0.2, -0.15) is 0 Å². The highest BCUT2D eigenvalue weighted by Crippen LogP contribution is 2.16. The lowest BCUT2D eigenvalue weighted by Crippen LogP contribution is -2.55. The van der Waals surface area contributed by atoms with E-state index in [-0.39, 0.29) is 5.91 Å². The van der Waals surface area contributed by atoms with E-state index in [0.29, 0.717) is 18.7 Å². The fourth-order valence-electron chi connectivity index (χ4n) is 1.97. The zero-order valence-corrected chi connectivity index (χ0v) is 11.2. The monoisotopic (exact) mass is 255 g/mol. The number of benzene rings is 2. The summed E-state index contributed by atoms with van der Waals surface area (Å²) < 4.78 is 0. The van der Waals surface area contributed by atoms with Crippen molar-refractivity contribution >= 4 is 11.6 Å². The summed E-state index contributed by atoms with van der Waals surface area (Å²) >= 11 is 0. The standard InChI is InChI=1S/C16H18N2O/c1-13-7-9-14(10-8-13)16(19)18(12-11-17)15-5-3-2-4-6-15/h2-10H,11-12,17H2,1H3/p+1. The number of aryl methyl sites for hydroxylation is 1. The fourth-order valence-corrected chi connectivity index (χ4v) is 1.97. The molecule has 0 radical (unpaired) electrons. The molecule has 2 rings (SSSR count). The van der Waals surface area contributed by atoms with Crippen LogP contribution in [-0.2, 0) is 0 Å². The van der Waals surface area contributed by atoms with E-state index in [4.69, 9.17) is 0 Å². The predicted octanol–water partition coefficient (Wildman–Crippen LogP) is 1.88. The molecule has 0 aliphatic heterocycles. The number of carbonyl (C=O) groups is 1. The summed E-state index contributed by atoms with van der Waals surface area (Å²) in [5.74, 6) is 0.0230. The van der Waals surface area contributed by atoms with Gasteiger partial charge in [0.15, 0.2) is 0 Å². The van der Waals surface area contributed by atoms with Crippen LogP contribution < -0.4 is 10.6 Å². The van der Waals surface area contributed by atoms with Gasteiger partial charge in [0.25, 0.3) is 5.91 Å². The highest BCUT2D eigenvalue weighted by molar-refractivity contribution is 6.06. The average Bonchev–Trinajstić information content (AvgIpc) is 2.46. The van der Waals surface area contributed by atoms with Crippen molar-refractivity contribution in [1.29, 1.82) is 0 Å². The SMILES string of the molecule is Cc1ccc(C(=O)N(CC[NH3+])c2ccccc2)cc1. The zero-order chi connectivity index (χ0) is 13.7. The number of amides is 1. The quantitative estimate of drug-likeness (QED) is 0.891. The number of rotatable bonds is 4. The van der Waals surface area contributed by atoms with E-state index in [9.17, 15) is 4.79 Å². The van der Waals surface area contributed by atoms with Gasteiger partial charge in [-0.15, -0.1) is 0 Å². The van der Waals surface area contributed by atoms with E-state index in [1.54, 1.807) is 4.90 Å². The molecule has 0 saturated heterocycles. The summed E-state index contributed by atoms with van der Waals surface area (Å²) in [6.45, 7) is 3.32. The third-order valence-electron chi connectivity index (χ3n) is 2.99. The number of carbonyl (C=O) groups excluding carboxylic acids is 1. The molecule has 0 unspecified atom stereocenters. The summed E-state index contributed by atoms with van der Waals surface area (Å²) in [6.07, 6.45) is 0. The first-order valence-electron chi connectivity index (χ1n) is 6.45. The number of hydrogen-bond donors (Lipinski definition) is 1. The number of quaternary nitrogens is 1. The van der Waals surface area contributed by atoms with Crippen molar-refractivity contribution in [3.05, 3.63) is 65.7 Å². The van der Waals surface area contributed by atoms with Crippen molar-refractivity contribution in [2.75, 3.05) is 18.0 Å². The van der Waals surface area contributed by atoms with E-state index in [2.05, 4.69) is 5.73 Å². The molecule has 0 fully saturated rings. The molecular formula is C16H19N2O+. The highest BCUT2D eigenvalue weighted by atomic mass is 16.2. The van der Waals surface area contributed by atoms with Crippen LogP contribution in [0.25, 0.3) is 0 Å². The van der Waals surface area contributed by atoms with Crippen LogP contribution in [0.15, 0.2) is 54.6 Å². The Morgan fingerprint density at radius 3 is 2.26 bits per heavy atom. The average molecular weight is 255 g/mol. The first kappa shape index (κ1) is 13.3. The maximum absolute atomic E-state index is 12.5. The Morgan fingerprint density at radius 1 is 1.05 bits per heavy atom. The molecule has 0 aromatic heterocycles. The first-order chi connectivity index (χ1) is 9.22. The molecule has 1 amide bonds.